The van der Waals surface area contributed by atoms with E-state index in [0.29, 0.717) is 24.8 Å². The van der Waals surface area contributed by atoms with Gasteiger partial charge in [-0.1, -0.05) is 12.1 Å². The number of nitrogens with zero attached hydrogens (tertiary/aromatic N) is 2. The Morgan fingerprint density at radius 1 is 1.29 bits per heavy atom. The summed E-state index contributed by atoms with van der Waals surface area (Å²) in [7, 11) is 1.63. The number of hydrogen-bond acceptors (Lipinski definition) is 4. The van der Waals surface area contributed by atoms with Crippen molar-refractivity contribution < 1.29 is 18.0 Å². The first kappa shape index (κ1) is 17.7. The van der Waals surface area contributed by atoms with Crippen molar-refractivity contribution >= 4 is 5.96 Å². The lowest BCUT2D eigenvalue weighted by molar-refractivity contribution is 0.304. The second-order valence-electron chi connectivity index (χ2n) is 4.91. The number of rotatable bonds is 7. The van der Waals surface area contributed by atoms with Crippen LogP contribution in [0.4, 0.5) is 8.78 Å². The monoisotopic (exact) mass is 338 g/mol. The van der Waals surface area contributed by atoms with Crippen molar-refractivity contribution in [2.24, 2.45) is 4.99 Å². The number of guanidine groups is 1. The van der Waals surface area contributed by atoms with Crippen LogP contribution in [0.25, 0.3) is 0 Å². The molecule has 2 N–H and O–H groups in total. The van der Waals surface area contributed by atoms with Crippen molar-refractivity contribution in [3.8, 4) is 5.75 Å². The molecule has 0 atom stereocenters. The van der Waals surface area contributed by atoms with Gasteiger partial charge in [-0.2, -0.15) is 0 Å². The molecule has 0 bridgehead atoms. The minimum Gasteiger partial charge on any atom is -0.489 e. The molecule has 1 aromatic carbocycles. The molecule has 6 nitrogen and oxygen atoms in total. The lowest BCUT2D eigenvalue weighted by Gasteiger charge is -2.11. The zero-order valence-electron chi connectivity index (χ0n) is 13.6. The molecular formula is C16H20F2N4O2. The highest BCUT2D eigenvalue weighted by molar-refractivity contribution is 5.79. The molecule has 0 aliphatic rings. The third-order valence-corrected chi connectivity index (χ3v) is 3.17. The standard InChI is InChI=1S/C16H20F2N4O2/c1-3-12-9-13(24-22-12)10-21-16(19-2)20-6-7-23-15-5-4-11(17)8-14(15)18/h4-5,8-9H,3,6-7,10H2,1-2H3,(H2,19,20,21). The van der Waals surface area contributed by atoms with Crippen LogP contribution in [0.5, 0.6) is 5.75 Å². The summed E-state index contributed by atoms with van der Waals surface area (Å²) in [5.41, 5.74) is 0.893. The molecule has 0 spiro atoms. The van der Waals surface area contributed by atoms with Crippen molar-refractivity contribution in [3.63, 3.8) is 0 Å². The predicted octanol–water partition coefficient (Wildman–Crippen LogP) is 2.26. The Kier molecular flexibility index (Phi) is 6.53. The number of ether oxygens (including phenoxy) is 1. The topological polar surface area (TPSA) is 71.7 Å². The van der Waals surface area contributed by atoms with Gasteiger partial charge >= 0.3 is 0 Å². The van der Waals surface area contributed by atoms with Crippen LogP contribution in [0.1, 0.15) is 18.4 Å². The summed E-state index contributed by atoms with van der Waals surface area (Å²) in [5.74, 6) is -0.0993. The number of aliphatic imine (C=N–C) groups is 1. The maximum atomic E-state index is 13.4. The van der Waals surface area contributed by atoms with E-state index in [1.165, 1.54) is 6.07 Å². The molecule has 0 aliphatic carbocycles. The van der Waals surface area contributed by atoms with Crippen LogP contribution in [0.15, 0.2) is 33.8 Å². The molecule has 0 saturated carbocycles. The van der Waals surface area contributed by atoms with E-state index in [9.17, 15) is 8.78 Å². The Labute approximate surface area is 138 Å². The zero-order chi connectivity index (χ0) is 17.4. The van der Waals surface area contributed by atoms with Crippen LogP contribution in [-0.4, -0.2) is 31.3 Å². The van der Waals surface area contributed by atoms with Gasteiger partial charge in [0.25, 0.3) is 0 Å². The maximum absolute atomic E-state index is 13.4. The Balaban J connectivity index is 1.71. The van der Waals surface area contributed by atoms with Crippen molar-refractivity contribution in [1.82, 2.24) is 15.8 Å². The molecule has 8 heteroatoms. The van der Waals surface area contributed by atoms with E-state index in [1.807, 2.05) is 13.0 Å². The fourth-order valence-electron chi connectivity index (χ4n) is 1.92. The molecule has 1 aromatic heterocycles. The highest BCUT2D eigenvalue weighted by atomic mass is 19.1. The molecule has 0 radical (unpaired) electrons. The molecule has 0 aliphatic heterocycles. The quantitative estimate of drug-likeness (QED) is 0.460. The summed E-state index contributed by atoms with van der Waals surface area (Å²) in [6, 6.07) is 5.06. The van der Waals surface area contributed by atoms with E-state index in [1.54, 1.807) is 7.05 Å². The molecular weight excluding hydrogens is 318 g/mol. The average molecular weight is 338 g/mol. The number of aryl methyl sites for hydroxylation is 1. The van der Waals surface area contributed by atoms with Gasteiger partial charge in [0.15, 0.2) is 23.3 Å². The van der Waals surface area contributed by atoms with Gasteiger partial charge in [-0.25, -0.2) is 8.78 Å². The second-order valence-corrected chi connectivity index (χ2v) is 4.91. The zero-order valence-corrected chi connectivity index (χ0v) is 13.6. The van der Waals surface area contributed by atoms with Crippen LogP contribution < -0.4 is 15.4 Å². The molecule has 0 saturated heterocycles. The van der Waals surface area contributed by atoms with Crippen molar-refractivity contribution in [3.05, 3.63) is 47.4 Å². The van der Waals surface area contributed by atoms with Crippen molar-refractivity contribution in [2.75, 3.05) is 20.2 Å². The van der Waals surface area contributed by atoms with Gasteiger partial charge in [-0.05, 0) is 18.6 Å². The Bertz CT molecular complexity index is 688. The number of nitrogens with one attached hydrogen (secondary N) is 2. The number of aromatic nitrogens is 1. The number of hydrogen-bond donors (Lipinski definition) is 2. The highest BCUT2D eigenvalue weighted by Gasteiger charge is 2.06. The van der Waals surface area contributed by atoms with E-state index in [2.05, 4.69) is 20.8 Å². The Hall–Kier alpha value is -2.64. The van der Waals surface area contributed by atoms with Gasteiger partial charge in [0.1, 0.15) is 12.4 Å². The highest BCUT2D eigenvalue weighted by Crippen LogP contribution is 2.17. The third kappa shape index (κ3) is 5.22. The lowest BCUT2D eigenvalue weighted by Crippen LogP contribution is -2.38. The third-order valence-electron chi connectivity index (χ3n) is 3.17. The van der Waals surface area contributed by atoms with E-state index < -0.39 is 11.6 Å². The summed E-state index contributed by atoms with van der Waals surface area (Å²) in [6.45, 7) is 3.04. The van der Waals surface area contributed by atoms with Gasteiger partial charge in [-0.3, -0.25) is 4.99 Å². The fourth-order valence-corrected chi connectivity index (χ4v) is 1.92. The summed E-state index contributed by atoms with van der Waals surface area (Å²) in [6.07, 6.45) is 0.813. The molecule has 2 rings (SSSR count). The van der Waals surface area contributed by atoms with E-state index in [-0.39, 0.29) is 12.4 Å². The lowest BCUT2D eigenvalue weighted by atomic mass is 10.3. The predicted molar refractivity (Wildman–Crippen MR) is 85.9 cm³/mol. The van der Waals surface area contributed by atoms with Crippen LogP contribution in [0.3, 0.4) is 0 Å². The largest absolute Gasteiger partial charge is 0.489 e. The van der Waals surface area contributed by atoms with Gasteiger partial charge in [-0.15, -0.1) is 0 Å². The minimum absolute atomic E-state index is 0.00917. The average Bonchev–Trinajstić information content (AvgIpc) is 3.04. The van der Waals surface area contributed by atoms with Gasteiger partial charge in [0.2, 0.25) is 0 Å². The van der Waals surface area contributed by atoms with Crippen LogP contribution in [0.2, 0.25) is 0 Å². The van der Waals surface area contributed by atoms with E-state index in [4.69, 9.17) is 9.26 Å². The van der Waals surface area contributed by atoms with E-state index >= 15 is 0 Å². The minimum atomic E-state index is -0.727. The molecule has 0 amide bonds. The molecule has 0 unspecified atom stereocenters. The maximum Gasteiger partial charge on any atom is 0.191 e. The second kappa shape index (κ2) is 8.85. The van der Waals surface area contributed by atoms with Crippen molar-refractivity contribution in [2.45, 2.75) is 19.9 Å². The summed E-state index contributed by atoms with van der Waals surface area (Å²) in [5, 5.41) is 9.99. The molecule has 24 heavy (non-hydrogen) atoms. The van der Waals surface area contributed by atoms with Gasteiger partial charge in [0, 0.05) is 19.2 Å². The van der Waals surface area contributed by atoms with Gasteiger partial charge < -0.3 is 19.9 Å². The first-order chi connectivity index (χ1) is 11.6. The Morgan fingerprint density at radius 2 is 2.12 bits per heavy atom. The summed E-state index contributed by atoms with van der Waals surface area (Å²) in [4.78, 5) is 4.06. The molecule has 2 aromatic rings. The summed E-state index contributed by atoms with van der Waals surface area (Å²) >= 11 is 0. The van der Waals surface area contributed by atoms with E-state index in [0.717, 1.165) is 24.2 Å². The normalized spacial score (nSPS) is 11.4. The van der Waals surface area contributed by atoms with Crippen LogP contribution >= 0.6 is 0 Å². The van der Waals surface area contributed by atoms with Crippen molar-refractivity contribution in [1.29, 1.82) is 0 Å². The van der Waals surface area contributed by atoms with Crippen LogP contribution in [-0.2, 0) is 13.0 Å². The Morgan fingerprint density at radius 3 is 2.79 bits per heavy atom. The first-order valence-corrected chi connectivity index (χ1v) is 7.59. The molecule has 1 heterocycles. The number of benzene rings is 1. The smallest absolute Gasteiger partial charge is 0.191 e. The van der Waals surface area contributed by atoms with Gasteiger partial charge in [0.05, 0.1) is 18.8 Å². The SMILES string of the molecule is CCc1cc(CNC(=NC)NCCOc2ccc(F)cc2F)on1. The number of halogens is 2. The molecule has 0 fully saturated rings. The fraction of sp³-hybridized carbons (Fsp3) is 0.375. The first-order valence-electron chi connectivity index (χ1n) is 7.59. The van der Waals surface area contributed by atoms with Crippen LogP contribution in [0, 0.1) is 11.6 Å². The molecule has 130 valence electrons. The summed E-state index contributed by atoms with van der Waals surface area (Å²) < 4.78 is 36.6.